The molecule has 2 aliphatic rings. The topological polar surface area (TPSA) is 84.9 Å². The van der Waals surface area contributed by atoms with Crippen LogP contribution < -0.4 is 5.32 Å². The fourth-order valence-corrected chi connectivity index (χ4v) is 3.91. The molecule has 1 aliphatic heterocycles. The maximum Gasteiger partial charge on any atom is 0.426 e. The Kier molecular flexibility index (Phi) is 7.57. The fraction of sp³-hybridized carbons (Fsp3) is 0.571. The number of nitrogens with one attached hydrogen (secondary N) is 1. The van der Waals surface area contributed by atoms with Gasteiger partial charge in [0.1, 0.15) is 11.9 Å². The maximum atomic E-state index is 13.0. The van der Waals surface area contributed by atoms with Crippen LogP contribution in [0.15, 0.2) is 24.3 Å². The number of hydrogen-bond acceptors (Lipinski definition) is 6. The minimum Gasteiger partial charge on any atom is -0.454 e. The number of halogens is 1. The number of nitrogens with zero attached hydrogens (tertiary/aromatic N) is 1. The summed E-state index contributed by atoms with van der Waals surface area (Å²) >= 11 is 0. The van der Waals surface area contributed by atoms with Gasteiger partial charge in [0.2, 0.25) is 0 Å². The average Bonchev–Trinajstić information content (AvgIpc) is 3.22. The van der Waals surface area contributed by atoms with E-state index in [-0.39, 0.29) is 11.9 Å². The Balaban J connectivity index is 1.30. The third-order valence-electron chi connectivity index (χ3n) is 5.55. The molecule has 158 valence electrons. The van der Waals surface area contributed by atoms with Crippen molar-refractivity contribution in [3.8, 4) is 0 Å². The van der Waals surface area contributed by atoms with Gasteiger partial charge in [-0.25, -0.2) is 18.8 Å². The number of hydrogen-bond donors (Lipinski definition) is 1. The van der Waals surface area contributed by atoms with Crippen LogP contribution in [0.25, 0.3) is 0 Å². The number of amides is 1. The lowest BCUT2D eigenvalue weighted by Gasteiger charge is -2.32. The van der Waals surface area contributed by atoms with Gasteiger partial charge in [0.15, 0.2) is 0 Å². The number of piperidine rings is 1. The molecule has 1 saturated carbocycles. The predicted molar refractivity (Wildman–Crippen MR) is 103 cm³/mol. The van der Waals surface area contributed by atoms with Crippen LogP contribution in [-0.4, -0.2) is 55.2 Å². The van der Waals surface area contributed by atoms with Crippen LogP contribution in [0.4, 0.5) is 9.18 Å². The zero-order valence-electron chi connectivity index (χ0n) is 16.4. The lowest BCUT2D eigenvalue weighted by Crippen LogP contribution is -2.40. The molecule has 8 heteroatoms. The van der Waals surface area contributed by atoms with Crippen molar-refractivity contribution in [2.24, 2.45) is 0 Å². The molecule has 1 aromatic carbocycles. The molecule has 0 radical (unpaired) electrons. The number of benzene rings is 1. The minimum atomic E-state index is -1.28. The van der Waals surface area contributed by atoms with Gasteiger partial charge in [0.25, 0.3) is 0 Å². The van der Waals surface area contributed by atoms with E-state index in [4.69, 9.17) is 4.74 Å². The summed E-state index contributed by atoms with van der Waals surface area (Å²) in [5.41, 5.74) is 1.15. The summed E-state index contributed by atoms with van der Waals surface area (Å²) in [5, 5.41) is 2.49. The quantitative estimate of drug-likeness (QED) is 0.460. The highest BCUT2D eigenvalue weighted by atomic mass is 19.1. The molecule has 0 bridgehead atoms. The van der Waals surface area contributed by atoms with Gasteiger partial charge in [-0.05, 0) is 75.2 Å². The van der Waals surface area contributed by atoms with Gasteiger partial charge in [0, 0.05) is 13.1 Å². The molecule has 1 aliphatic carbocycles. The van der Waals surface area contributed by atoms with Crippen molar-refractivity contribution in [3.63, 3.8) is 0 Å². The zero-order chi connectivity index (χ0) is 20.6. The SMILES string of the molecule is O=C(NCCN1CCC(c2ccc(F)cc2)CC1)OC(=O)C(=O)OC1CCCC1. The van der Waals surface area contributed by atoms with E-state index in [9.17, 15) is 18.8 Å². The molecule has 2 fully saturated rings. The van der Waals surface area contributed by atoms with Crippen LogP contribution in [-0.2, 0) is 19.1 Å². The molecule has 1 heterocycles. The zero-order valence-corrected chi connectivity index (χ0v) is 16.4. The number of ether oxygens (including phenoxy) is 2. The molecular weight excluding hydrogens is 379 g/mol. The van der Waals surface area contributed by atoms with Crippen molar-refractivity contribution in [2.75, 3.05) is 26.2 Å². The molecule has 0 aromatic heterocycles. The van der Waals surface area contributed by atoms with Crippen molar-refractivity contribution < 1.29 is 28.2 Å². The lowest BCUT2D eigenvalue weighted by molar-refractivity contribution is -0.167. The Labute approximate surface area is 169 Å². The molecule has 1 saturated heterocycles. The number of rotatable bonds is 5. The lowest BCUT2D eigenvalue weighted by atomic mass is 9.89. The van der Waals surface area contributed by atoms with E-state index in [1.54, 1.807) is 0 Å². The van der Waals surface area contributed by atoms with Crippen molar-refractivity contribution in [2.45, 2.75) is 50.5 Å². The molecule has 0 atom stereocenters. The van der Waals surface area contributed by atoms with E-state index in [0.717, 1.165) is 57.2 Å². The number of likely N-dealkylation sites (tertiary alicyclic amines) is 1. The van der Waals surface area contributed by atoms with Crippen LogP contribution in [0.2, 0.25) is 0 Å². The summed E-state index contributed by atoms with van der Waals surface area (Å²) in [5.74, 6) is -2.22. The highest BCUT2D eigenvalue weighted by Crippen LogP contribution is 2.27. The van der Waals surface area contributed by atoms with Gasteiger partial charge in [-0.3, -0.25) is 0 Å². The Morgan fingerprint density at radius 1 is 1.00 bits per heavy atom. The van der Waals surface area contributed by atoms with Crippen molar-refractivity contribution in [1.82, 2.24) is 10.2 Å². The largest absolute Gasteiger partial charge is 0.454 e. The molecule has 1 amide bonds. The minimum absolute atomic E-state index is 0.227. The van der Waals surface area contributed by atoms with Crippen molar-refractivity contribution >= 4 is 18.0 Å². The summed E-state index contributed by atoms with van der Waals surface area (Å²) in [7, 11) is 0. The Morgan fingerprint density at radius 2 is 1.66 bits per heavy atom. The van der Waals surface area contributed by atoms with Crippen LogP contribution >= 0.6 is 0 Å². The summed E-state index contributed by atoms with van der Waals surface area (Å²) < 4.78 is 22.5. The standard InChI is InChI=1S/C21H27FN2O5/c22-17-7-5-15(6-8-17)16-9-12-24(13-10-16)14-11-23-21(27)29-20(26)19(25)28-18-3-1-2-4-18/h5-8,16,18H,1-4,9-14H2,(H,23,27). The van der Waals surface area contributed by atoms with E-state index in [1.165, 1.54) is 12.1 Å². The van der Waals surface area contributed by atoms with Crippen molar-refractivity contribution in [3.05, 3.63) is 35.6 Å². The third kappa shape index (κ3) is 6.52. The Morgan fingerprint density at radius 3 is 2.31 bits per heavy atom. The summed E-state index contributed by atoms with van der Waals surface area (Å²) in [4.78, 5) is 37.1. The van der Waals surface area contributed by atoms with Gasteiger partial charge in [-0.1, -0.05) is 12.1 Å². The van der Waals surface area contributed by atoms with E-state index >= 15 is 0 Å². The van der Waals surface area contributed by atoms with Gasteiger partial charge in [-0.15, -0.1) is 0 Å². The highest BCUT2D eigenvalue weighted by Gasteiger charge is 2.27. The van der Waals surface area contributed by atoms with Crippen LogP contribution in [0, 0.1) is 5.82 Å². The van der Waals surface area contributed by atoms with Crippen LogP contribution in [0.3, 0.4) is 0 Å². The molecule has 1 N–H and O–H groups in total. The number of alkyl carbamates (subject to hydrolysis) is 1. The first-order valence-corrected chi connectivity index (χ1v) is 10.2. The summed E-state index contributed by atoms with van der Waals surface area (Å²) in [6.45, 7) is 2.66. The second kappa shape index (κ2) is 10.3. The van der Waals surface area contributed by atoms with Gasteiger partial charge in [-0.2, -0.15) is 0 Å². The first kappa shape index (κ1) is 21.2. The summed E-state index contributed by atoms with van der Waals surface area (Å²) in [6.07, 6.45) is 4.13. The summed E-state index contributed by atoms with van der Waals surface area (Å²) in [6, 6.07) is 6.65. The van der Waals surface area contributed by atoms with Crippen LogP contribution in [0.1, 0.15) is 50.0 Å². The average molecular weight is 406 g/mol. The first-order chi connectivity index (χ1) is 14.0. The predicted octanol–water partition coefficient (Wildman–Crippen LogP) is 2.74. The Hall–Kier alpha value is -2.48. The van der Waals surface area contributed by atoms with E-state index in [0.29, 0.717) is 19.0 Å². The maximum absolute atomic E-state index is 13.0. The number of carbonyl (C=O) groups is 3. The second-order valence-corrected chi connectivity index (χ2v) is 7.58. The van der Waals surface area contributed by atoms with Crippen LogP contribution in [0.5, 0.6) is 0 Å². The molecule has 1 aromatic rings. The highest BCUT2D eigenvalue weighted by molar-refractivity contribution is 6.31. The van der Waals surface area contributed by atoms with E-state index < -0.39 is 18.0 Å². The number of carbonyl (C=O) groups excluding carboxylic acids is 3. The van der Waals surface area contributed by atoms with E-state index in [2.05, 4.69) is 15.0 Å². The van der Waals surface area contributed by atoms with Gasteiger partial charge >= 0.3 is 18.0 Å². The Bertz CT molecular complexity index is 710. The molecule has 3 rings (SSSR count). The molecule has 29 heavy (non-hydrogen) atoms. The smallest absolute Gasteiger partial charge is 0.426 e. The van der Waals surface area contributed by atoms with Gasteiger partial charge in [0.05, 0.1) is 0 Å². The monoisotopic (exact) mass is 406 g/mol. The first-order valence-electron chi connectivity index (χ1n) is 10.2. The normalized spacial score (nSPS) is 18.4. The second-order valence-electron chi connectivity index (χ2n) is 7.58. The van der Waals surface area contributed by atoms with Crippen molar-refractivity contribution in [1.29, 1.82) is 0 Å². The van der Waals surface area contributed by atoms with Gasteiger partial charge < -0.3 is 19.7 Å². The number of esters is 2. The third-order valence-corrected chi connectivity index (χ3v) is 5.55. The molecular formula is C21H27FN2O5. The molecule has 0 spiro atoms. The fourth-order valence-electron chi connectivity index (χ4n) is 3.91. The molecule has 0 unspecified atom stereocenters. The molecule has 7 nitrogen and oxygen atoms in total. The van der Waals surface area contributed by atoms with E-state index in [1.807, 2.05) is 12.1 Å².